The Labute approximate surface area is 192 Å². The number of thiazole rings is 1. The van der Waals surface area contributed by atoms with E-state index in [0.717, 1.165) is 22.4 Å². The van der Waals surface area contributed by atoms with Crippen molar-refractivity contribution in [2.45, 2.75) is 34.3 Å². The molecule has 0 saturated carbocycles. The normalized spacial score (nSPS) is 10.9. The number of anilines is 2. The molecule has 0 radical (unpaired) electrons. The monoisotopic (exact) mass is 450 g/mol. The third-order valence-electron chi connectivity index (χ3n) is 4.62. The highest BCUT2D eigenvalue weighted by Crippen LogP contribution is 2.32. The van der Waals surface area contributed by atoms with Crippen LogP contribution in [0.2, 0.25) is 0 Å². The Morgan fingerprint density at radius 1 is 1.16 bits per heavy atom. The van der Waals surface area contributed by atoms with Gasteiger partial charge in [0, 0.05) is 23.9 Å². The van der Waals surface area contributed by atoms with E-state index in [1.807, 2.05) is 63.2 Å². The van der Waals surface area contributed by atoms with E-state index in [-0.39, 0.29) is 12.5 Å². The van der Waals surface area contributed by atoms with Gasteiger partial charge in [-0.25, -0.2) is 9.78 Å². The first kappa shape index (κ1) is 23.2. The molecule has 3 rings (SSSR count). The zero-order valence-corrected chi connectivity index (χ0v) is 19.4. The minimum absolute atomic E-state index is 0.0193. The SMILES string of the molecule is CCOc1ccccc1/C=C/C(=O)OCc1csc(N(C(C)=O)c2ccc(C)cc2C)n1. The summed E-state index contributed by atoms with van der Waals surface area (Å²) in [5.41, 5.74) is 4.28. The first-order valence-corrected chi connectivity index (χ1v) is 11.2. The van der Waals surface area contributed by atoms with Gasteiger partial charge in [-0.2, -0.15) is 0 Å². The van der Waals surface area contributed by atoms with E-state index >= 15 is 0 Å². The van der Waals surface area contributed by atoms with Crippen molar-refractivity contribution < 1.29 is 19.1 Å². The number of carbonyl (C=O) groups is 2. The summed E-state index contributed by atoms with van der Waals surface area (Å²) in [7, 11) is 0. The maximum absolute atomic E-state index is 12.3. The third-order valence-corrected chi connectivity index (χ3v) is 5.49. The van der Waals surface area contributed by atoms with Gasteiger partial charge in [0.05, 0.1) is 18.0 Å². The molecule has 0 aliphatic rings. The number of benzene rings is 2. The molecule has 1 aromatic heterocycles. The molecule has 0 unspecified atom stereocenters. The summed E-state index contributed by atoms with van der Waals surface area (Å²) in [5, 5.41) is 2.33. The van der Waals surface area contributed by atoms with Crippen LogP contribution in [0.4, 0.5) is 10.8 Å². The molecule has 3 aromatic rings. The number of esters is 1. The van der Waals surface area contributed by atoms with E-state index in [0.29, 0.717) is 23.2 Å². The van der Waals surface area contributed by atoms with Gasteiger partial charge in [-0.05, 0) is 44.5 Å². The molecule has 0 atom stereocenters. The summed E-state index contributed by atoms with van der Waals surface area (Å²) in [6, 6.07) is 13.4. The quantitative estimate of drug-likeness (QED) is 0.330. The smallest absolute Gasteiger partial charge is 0.331 e. The number of hydrogen-bond donors (Lipinski definition) is 0. The van der Waals surface area contributed by atoms with Crippen LogP contribution < -0.4 is 9.64 Å². The summed E-state index contributed by atoms with van der Waals surface area (Å²) >= 11 is 1.33. The number of aryl methyl sites for hydroxylation is 2. The molecule has 0 saturated heterocycles. The van der Waals surface area contributed by atoms with Gasteiger partial charge in [0.2, 0.25) is 5.91 Å². The average molecular weight is 451 g/mol. The van der Waals surface area contributed by atoms with Crippen LogP contribution in [-0.2, 0) is 20.9 Å². The lowest BCUT2D eigenvalue weighted by Gasteiger charge is -2.20. The molecule has 0 aliphatic carbocycles. The number of rotatable bonds is 8. The molecule has 0 N–H and O–H groups in total. The molecule has 7 heteroatoms. The summed E-state index contributed by atoms with van der Waals surface area (Å²) in [5.74, 6) is 0.0910. The Hall–Kier alpha value is -3.45. The Morgan fingerprint density at radius 3 is 2.66 bits per heavy atom. The fraction of sp³-hybridized carbons (Fsp3) is 0.240. The standard InChI is InChI=1S/C25H26N2O4S/c1-5-30-23-9-7-6-8-20(23)11-13-24(29)31-15-21-16-32-25(26-21)27(19(4)28)22-12-10-17(2)14-18(22)3/h6-14,16H,5,15H2,1-4H3/b13-11+. The number of nitrogens with zero attached hydrogens (tertiary/aromatic N) is 2. The zero-order chi connectivity index (χ0) is 23.1. The lowest BCUT2D eigenvalue weighted by Crippen LogP contribution is -2.23. The largest absolute Gasteiger partial charge is 0.493 e. The summed E-state index contributed by atoms with van der Waals surface area (Å²) in [6.45, 7) is 7.95. The minimum atomic E-state index is -0.483. The molecule has 0 spiro atoms. The molecule has 0 aliphatic heterocycles. The van der Waals surface area contributed by atoms with Crippen molar-refractivity contribution in [1.82, 2.24) is 4.98 Å². The molecule has 6 nitrogen and oxygen atoms in total. The molecule has 0 bridgehead atoms. The molecule has 1 amide bonds. The number of aromatic nitrogens is 1. The van der Waals surface area contributed by atoms with Crippen molar-refractivity contribution in [2.75, 3.05) is 11.5 Å². The van der Waals surface area contributed by atoms with Gasteiger partial charge in [-0.1, -0.05) is 35.9 Å². The molecule has 2 aromatic carbocycles. The second-order valence-electron chi connectivity index (χ2n) is 7.18. The summed E-state index contributed by atoms with van der Waals surface area (Å²) in [4.78, 5) is 30.6. The van der Waals surface area contributed by atoms with Gasteiger partial charge in [0.25, 0.3) is 0 Å². The van der Waals surface area contributed by atoms with Crippen LogP contribution in [0, 0.1) is 13.8 Å². The summed E-state index contributed by atoms with van der Waals surface area (Å²) < 4.78 is 10.9. The topological polar surface area (TPSA) is 68.7 Å². The minimum Gasteiger partial charge on any atom is -0.493 e. The van der Waals surface area contributed by atoms with E-state index in [2.05, 4.69) is 4.98 Å². The van der Waals surface area contributed by atoms with Crippen molar-refractivity contribution in [3.63, 3.8) is 0 Å². The highest BCUT2D eigenvalue weighted by atomic mass is 32.1. The number of amides is 1. The van der Waals surface area contributed by atoms with E-state index < -0.39 is 5.97 Å². The van der Waals surface area contributed by atoms with Crippen molar-refractivity contribution in [2.24, 2.45) is 0 Å². The maximum Gasteiger partial charge on any atom is 0.331 e. The van der Waals surface area contributed by atoms with Crippen molar-refractivity contribution in [3.8, 4) is 5.75 Å². The van der Waals surface area contributed by atoms with E-state index in [4.69, 9.17) is 9.47 Å². The van der Waals surface area contributed by atoms with Gasteiger partial charge in [0.1, 0.15) is 12.4 Å². The second kappa shape index (κ2) is 10.7. The number of ether oxygens (including phenoxy) is 2. The number of carbonyl (C=O) groups excluding carboxylic acids is 2. The van der Waals surface area contributed by atoms with Crippen molar-refractivity contribution in [1.29, 1.82) is 0 Å². The first-order chi connectivity index (χ1) is 15.4. The number of para-hydroxylation sites is 1. The zero-order valence-electron chi connectivity index (χ0n) is 18.6. The molecule has 166 valence electrons. The van der Waals surface area contributed by atoms with E-state index in [1.165, 1.54) is 24.3 Å². The van der Waals surface area contributed by atoms with Crippen molar-refractivity contribution >= 4 is 40.1 Å². The van der Waals surface area contributed by atoms with Gasteiger partial charge in [-0.3, -0.25) is 9.69 Å². The Kier molecular flexibility index (Phi) is 7.78. The highest BCUT2D eigenvalue weighted by Gasteiger charge is 2.20. The molecule has 32 heavy (non-hydrogen) atoms. The van der Waals surface area contributed by atoms with Crippen LogP contribution in [0.25, 0.3) is 6.08 Å². The van der Waals surface area contributed by atoms with Gasteiger partial charge < -0.3 is 9.47 Å². The summed E-state index contributed by atoms with van der Waals surface area (Å²) in [6.07, 6.45) is 3.03. The molecule has 0 fully saturated rings. The Bertz CT molecular complexity index is 1140. The van der Waals surface area contributed by atoms with Gasteiger partial charge in [-0.15, -0.1) is 11.3 Å². The highest BCUT2D eigenvalue weighted by molar-refractivity contribution is 7.14. The maximum atomic E-state index is 12.3. The molecule has 1 heterocycles. The van der Waals surface area contributed by atoms with Crippen LogP contribution in [0.5, 0.6) is 5.75 Å². The number of hydrogen-bond acceptors (Lipinski definition) is 6. The Balaban J connectivity index is 1.67. The van der Waals surface area contributed by atoms with Crippen LogP contribution in [0.1, 0.15) is 36.2 Å². The first-order valence-electron chi connectivity index (χ1n) is 10.3. The van der Waals surface area contributed by atoms with Crippen LogP contribution in [-0.4, -0.2) is 23.5 Å². The molecular formula is C25H26N2O4S. The third kappa shape index (κ3) is 5.82. The van der Waals surface area contributed by atoms with Crippen molar-refractivity contribution in [3.05, 3.63) is 76.3 Å². The predicted octanol–water partition coefficient (Wildman–Crippen LogP) is 5.60. The second-order valence-corrected chi connectivity index (χ2v) is 8.01. The van der Waals surface area contributed by atoms with E-state index in [1.54, 1.807) is 16.4 Å². The van der Waals surface area contributed by atoms with E-state index in [9.17, 15) is 9.59 Å². The van der Waals surface area contributed by atoms with Gasteiger partial charge >= 0.3 is 5.97 Å². The fourth-order valence-corrected chi connectivity index (χ4v) is 4.05. The molecular weight excluding hydrogens is 424 g/mol. The average Bonchev–Trinajstić information content (AvgIpc) is 3.22. The lowest BCUT2D eigenvalue weighted by atomic mass is 10.1. The predicted molar refractivity (Wildman–Crippen MR) is 127 cm³/mol. The van der Waals surface area contributed by atoms with Crippen LogP contribution in [0.15, 0.2) is 53.9 Å². The van der Waals surface area contributed by atoms with Crippen LogP contribution >= 0.6 is 11.3 Å². The van der Waals surface area contributed by atoms with Gasteiger partial charge in [0.15, 0.2) is 5.13 Å². The lowest BCUT2D eigenvalue weighted by molar-refractivity contribution is -0.139. The van der Waals surface area contributed by atoms with Crippen LogP contribution in [0.3, 0.4) is 0 Å². The Morgan fingerprint density at radius 2 is 1.94 bits per heavy atom. The fourth-order valence-electron chi connectivity index (χ4n) is 3.19.